The molecule has 2 aromatic carbocycles. The van der Waals surface area contributed by atoms with Gasteiger partial charge in [0.25, 0.3) is 0 Å². The second kappa shape index (κ2) is 2.86. The molecule has 2 heteroatoms. The number of epoxide rings is 1. The van der Waals surface area contributed by atoms with E-state index in [0.717, 1.165) is 6.61 Å². The SMILES string of the molecule is c1ccc2c(c1)[nH]c1cccc(C3CO3)c12. The molecule has 0 bridgehead atoms. The molecule has 1 fully saturated rings. The van der Waals surface area contributed by atoms with Crippen molar-refractivity contribution in [1.29, 1.82) is 0 Å². The first-order chi connectivity index (χ1) is 7.93. The third-order valence-electron chi connectivity index (χ3n) is 3.24. The van der Waals surface area contributed by atoms with E-state index in [9.17, 15) is 0 Å². The van der Waals surface area contributed by atoms with Crippen LogP contribution in [-0.2, 0) is 4.74 Å². The number of benzene rings is 2. The summed E-state index contributed by atoms with van der Waals surface area (Å²) in [6.45, 7) is 0.860. The van der Waals surface area contributed by atoms with Crippen LogP contribution in [-0.4, -0.2) is 11.6 Å². The van der Waals surface area contributed by atoms with Crippen LogP contribution in [0.2, 0.25) is 0 Å². The third-order valence-corrected chi connectivity index (χ3v) is 3.24. The highest BCUT2D eigenvalue weighted by molar-refractivity contribution is 6.09. The summed E-state index contributed by atoms with van der Waals surface area (Å²) in [5, 5.41) is 2.62. The zero-order valence-electron chi connectivity index (χ0n) is 8.73. The Balaban J connectivity index is 2.21. The van der Waals surface area contributed by atoms with Crippen molar-refractivity contribution in [3.63, 3.8) is 0 Å². The molecule has 1 aliphatic rings. The van der Waals surface area contributed by atoms with E-state index in [1.54, 1.807) is 0 Å². The van der Waals surface area contributed by atoms with Gasteiger partial charge in [-0.2, -0.15) is 0 Å². The minimum Gasteiger partial charge on any atom is -0.368 e. The van der Waals surface area contributed by atoms with Gasteiger partial charge in [-0.25, -0.2) is 0 Å². The topological polar surface area (TPSA) is 28.3 Å². The first-order valence-electron chi connectivity index (χ1n) is 5.54. The second-order valence-electron chi connectivity index (χ2n) is 4.26. The lowest BCUT2D eigenvalue weighted by Gasteiger charge is -1.98. The zero-order chi connectivity index (χ0) is 10.5. The molecule has 3 aromatic rings. The Labute approximate surface area is 92.8 Å². The zero-order valence-corrected chi connectivity index (χ0v) is 8.73. The number of hydrogen-bond acceptors (Lipinski definition) is 1. The highest BCUT2D eigenvalue weighted by Crippen LogP contribution is 2.38. The van der Waals surface area contributed by atoms with Crippen molar-refractivity contribution in [3.8, 4) is 0 Å². The number of nitrogens with one attached hydrogen (secondary N) is 1. The van der Waals surface area contributed by atoms with Crippen LogP contribution in [0.5, 0.6) is 0 Å². The van der Waals surface area contributed by atoms with Crippen LogP contribution in [0, 0.1) is 0 Å². The van der Waals surface area contributed by atoms with Gasteiger partial charge in [-0.15, -0.1) is 0 Å². The van der Waals surface area contributed by atoms with Crippen LogP contribution in [0.15, 0.2) is 42.5 Å². The largest absolute Gasteiger partial charge is 0.368 e. The fourth-order valence-corrected chi connectivity index (χ4v) is 2.43. The molecule has 2 nitrogen and oxygen atoms in total. The van der Waals surface area contributed by atoms with Crippen molar-refractivity contribution in [1.82, 2.24) is 4.98 Å². The van der Waals surface area contributed by atoms with Crippen molar-refractivity contribution in [2.75, 3.05) is 6.61 Å². The monoisotopic (exact) mass is 209 g/mol. The molecule has 0 saturated carbocycles. The van der Waals surface area contributed by atoms with E-state index in [4.69, 9.17) is 4.74 Å². The van der Waals surface area contributed by atoms with Crippen molar-refractivity contribution in [3.05, 3.63) is 48.0 Å². The maximum Gasteiger partial charge on any atom is 0.107 e. The molecule has 78 valence electrons. The fraction of sp³-hybridized carbons (Fsp3) is 0.143. The van der Waals surface area contributed by atoms with Crippen LogP contribution in [0.3, 0.4) is 0 Å². The van der Waals surface area contributed by atoms with Crippen LogP contribution < -0.4 is 0 Å². The van der Waals surface area contributed by atoms with Gasteiger partial charge >= 0.3 is 0 Å². The van der Waals surface area contributed by atoms with Crippen molar-refractivity contribution >= 4 is 21.8 Å². The summed E-state index contributed by atoms with van der Waals surface area (Å²) in [6.07, 6.45) is 0.308. The average Bonchev–Trinajstić information content (AvgIpc) is 3.09. The van der Waals surface area contributed by atoms with Gasteiger partial charge in [0.2, 0.25) is 0 Å². The first-order valence-corrected chi connectivity index (χ1v) is 5.54. The van der Waals surface area contributed by atoms with E-state index in [2.05, 4.69) is 47.4 Å². The number of H-pyrrole nitrogens is 1. The number of aromatic nitrogens is 1. The molecule has 1 saturated heterocycles. The normalized spacial score (nSPS) is 19.4. The molecule has 0 radical (unpaired) electrons. The summed E-state index contributed by atoms with van der Waals surface area (Å²) in [6, 6.07) is 14.8. The third kappa shape index (κ3) is 1.05. The minimum atomic E-state index is 0.308. The van der Waals surface area contributed by atoms with Gasteiger partial charge in [0.05, 0.1) is 6.61 Å². The molecule has 1 atom stereocenters. The van der Waals surface area contributed by atoms with E-state index in [0.29, 0.717) is 6.10 Å². The van der Waals surface area contributed by atoms with Gasteiger partial charge < -0.3 is 9.72 Å². The molecular weight excluding hydrogens is 198 g/mol. The standard InChI is InChI=1S/C14H11NO/c1-2-6-11-9(4-1)14-10(13-8-16-13)5-3-7-12(14)15-11/h1-7,13,15H,8H2. The average molecular weight is 209 g/mol. The molecule has 4 rings (SSSR count). The summed E-state index contributed by atoms with van der Waals surface area (Å²) in [5.41, 5.74) is 3.72. The Morgan fingerprint density at radius 2 is 1.81 bits per heavy atom. The molecule has 1 aliphatic heterocycles. The molecule has 0 amide bonds. The molecule has 1 aromatic heterocycles. The number of para-hydroxylation sites is 1. The number of ether oxygens (including phenoxy) is 1. The van der Waals surface area contributed by atoms with Crippen LogP contribution in [0.25, 0.3) is 21.8 Å². The van der Waals surface area contributed by atoms with Crippen molar-refractivity contribution < 1.29 is 4.74 Å². The van der Waals surface area contributed by atoms with Crippen molar-refractivity contribution in [2.45, 2.75) is 6.10 Å². The Morgan fingerprint density at radius 1 is 1.00 bits per heavy atom. The van der Waals surface area contributed by atoms with Gasteiger partial charge in [0.1, 0.15) is 6.10 Å². The molecule has 16 heavy (non-hydrogen) atoms. The highest BCUT2D eigenvalue weighted by atomic mass is 16.6. The maximum absolute atomic E-state index is 5.41. The Morgan fingerprint density at radius 3 is 2.69 bits per heavy atom. The quantitative estimate of drug-likeness (QED) is 0.611. The second-order valence-corrected chi connectivity index (χ2v) is 4.26. The molecule has 0 spiro atoms. The van der Waals surface area contributed by atoms with E-state index < -0.39 is 0 Å². The van der Waals surface area contributed by atoms with Crippen LogP contribution in [0.4, 0.5) is 0 Å². The molecule has 1 N–H and O–H groups in total. The molecule has 0 aliphatic carbocycles. The van der Waals surface area contributed by atoms with Gasteiger partial charge in [-0.1, -0.05) is 30.3 Å². The first kappa shape index (κ1) is 8.36. The minimum absolute atomic E-state index is 0.308. The summed E-state index contributed by atoms with van der Waals surface area (Å²) in [4.78, 5) is 3.45. The van der Waals surface area contributed by atoms with Crippen LogP contribution in [0.1, 0.15) is 11.7 Å². The molecule has 1 unspecified atom stereocenters. The molecule has 2 heterocycles. The number of hydrogen-bond donors (Lipinski definition) is 1. The summed E-state index contributed by atoms with van der Waals surface area (Å²) < 4.78 is 5.41. The Bertz CT molecular complexity index is 679. The predicted octanol–water partition coefficient (Wildman–Crippen LogP) is 3.39. The lowest BCUT2D eigenvalue weighted by molar-refractivity contribution is 0.417. The number of aromatic amines is 1. The van der Waals surface area contributed by atoms with Crippen LogP contribution >= 0.6 is 0 Å². The number of rotatable bonds is 1. The lowest BCUT2D eigenvalue weighted by Crippen LogP contribution is -1.81. The predicted molar refractivity (Wildman–Crippen MR) is 64.5 cm³/mol. The Hall–Kier alpha value is -1.80. The summed E-state index contributed by atoms with van der Waals surface area (Å²) in [5.74, 6) is 0. The van der Waals surface area contributed by atoms with E-state index in [1.165, 1.54) is 27.4 Å². The smallest absolute Gasteiger partial charge is 0.107 e. The van der Waals surface area contributed by atoms with E-state index in [-0.39, 0.29) is 0 Å². The van der Waals surface area contributed by atoms with Gasteiger partial charge in [-0.3, -0.25) is 0 Å². The van der Waals surface area contributed by atoms with Gasteiger partial charge in [-0.05, 0) is 17.7 Å². The fourth-order valence-electron chi connectivity index (χ4n) is 2.43. The number of fused-ring (bicyclic) bond motifs is 3. The van der Waals surface area contributed by atoms with Crippen molar-refractivity contribution in [2.24, 2.45) is 0 Å². The highest BCUT2D eigenvalue weighted by Gasteiger charge is 2.27. The summed E-state index contributed by atoms with van der Waals surface area (Å²) >= 11 is 0. The maximum atomic E-state index is 5.41. The lowest BCUT2D eigenvalue weighted by atomic mass is 10.0. The summed E-state index contributed by atoms with van der Waals surface area (Å²) in [7, 11) is 0. The van der Waals surface area contributed by atoms with Gasteiger partial charge in [0, 0.05) is 21.8 Å². The van der Waals surface area contributed by atoms with E-state index in [1.807, 2.05) is 0 Å². The molecular formula is C14H11NO. The van der Waals surface area contributed by atoms with Gasteiger partial charge in [0.15, 0.2) is 0 Å². The Kier molecular flexibility index (Phi) is 1.50. The van der Waals surface area contributed by atoms with E-state index >= 15 is 0 Å².